The van der Waals surface area contributed by atoms with E-state index in [4.69, 9.17) is 9.47 Å². The van der Waals surface area contributed by atoms with E-state index in [9.17, 15) is 4.79 Å². The Morgan fingerprint density at radius 1 is 1.26 bits per heavy atom. The van der Waals surface area contributed by atoms with Crippen molar-refractivity contribution in [3.63, 3.8) is 0 Å². The lowest BCUT2D eigenvalue weighted by Gasteiger charge is -2.31. The van der Waals surface area contributed by atoms with Crippen molar-refractivity contribution in [2.24, 2.45) is 11.3 Å². The van der Waals surface area contributed by atoms with E-state index in [1.165, 1.54) is 5.56 Å². The van der Waals surface area contributed by atoms with Crippen LogP contribution in [-0.4, -0.2) is 61.7 Å². The molecule has 0 saturated carbocycles. The molecule has 0 aromatic heterocycles. The summed E-state index contributed by atoms with van der Waals surface area (Å²) >= 11 is 0. The molecule has 0 N–H and O–H groups in total. The van der Waals surface area contributed by atoms with Crippen LogP contribution >= 0.6 is 0 Å². The van der Waals surface area contributed by atoms with Gasteiger partial charge in [0.15, 0.2) is 0 Å². The molecule has 1 aromatic rings. The van der Waals surface area contributed by atoms with Gasteiger partial charge in [0, 0.05) is 38.1 Å². The SMILES string of the molecule is CCOC(=O)[C@@]12CCCN(Cc3ccc(OC)cc3)C[C@@H]1CN(C(C)C)C2. The summed E-state index contributed by atoms with van der Waals surface area (Å²) in [6.07, 6.45) is 1.97. The molecule has 1 aromatic carbocycles. The third-order valence-corrected chi connectivity index (χ3v) is 6.27. The Labute approximate surface area is 163 Å². The molecule has 0 radical (unpaired) electrons. The molecule has 2 saturated heterocycles. The maximum absolute atomic E-state index is 13.0. The zero-order valence-corrected chi connectivity index (χ0v) is 17.2. The van der Waals surface area contributed by atoms with Crippen molar-refractivity contribution in [2.75, 3.05) is 39.9 Å². The zero-order chi connectivity index (χ0) is 19.4. The van der Waals surface area contributed by atoms with Crippen LogP contribution in [0.3, 0.4) is 0 Å². The fourth-order valence-electron chi connectivity index (χ4n) is 4.68. The summed E-state index contributed by atoms with van der Waals surface area (Å²) in [5.41, 5.74) is 0.952. The predicted octanol–water partition coefficient (Wildman–Crippen LogP) is 3.18. The molecule has 0 unspecified atom stereocenters. The van der Waals surface area contributed by atoms with Gasteiger partial charge in [0.1, 0.15) is 5.75 Å². The minimum absolute atomic E-state index is 0.0180. The molecule has 2 fully saturated rings. The fraction of sp³-hybridized carbons (Fsp3) is 0.682. The number of hydrogen-bond acceptors (Lipinski definition) is 5. The molecule has 150 valence electrons. The molecule has 0 aliphatic carbocycles. The number of carbonyl (C=O) groups excluding carboxylic acids is 1. The van der Waals surface area contributed by atoms with Gasteiger partial charge in [0.25, 0.3) is 0 Å². The maximum Gasteiger partial charge on any atom is 0.313 e. The number of nitrogens with zero attached hydrogens (tertiary/aromatic N) is 2. The first-order valence-electron chi connectivity index (χ1n) is 10.2. The first kappa shape index (κ1) is 20.2. The molecule has 3 rings (SSSR count). The van der Waals surface area contributed by atoms with Gasteiger partial charge in [-0.3, -0.25) is 14.6 Å². The molecule has 5 heteroatoms. The van der Waals surface area contributed by atoms with Crippen LogP contribution in [-0.2, 0) is 16.1 Å². The zero-order valence-electron chi connectivity index (χ0n) is 17.2. The van der Waals surface area contributed by atoms with E-state index in [1.807, 2.05) is 19.1 Å². The predicted molar refractivity (Wildman–Crippen MR) is 107 cm³/mol. The fourth-order valence-corrected chi connectivity index (χ4v) is 4.68. The first-order chi connectivity index (χ1) is 13.0. The summed E-state index contributed by atoms with van der Waals surface area (Å²) in [5, 5.41) is 0. The molecule has 2 aliphatic heterocycles. The molecule has 27 heavy (non-hydrogen) atoms. The Morgan fingerprint density at radius 2 is 2.00 bits per heavy atom. The average Bonchev–Trinajstić information content (AvgIpc) is 2.94. The van der Waals surface area contributed by atoms with Gasteiger partial charge in [-0.1, -0.05) is 12.1 Å². The quantitative estimate of drug-likeness (QED) is 0.716. The summed E-state index contributed by atoms with van der Waals surface area (Å²) < 4.78 is 10.8. The Kier molecular flexibility index (Phi) is 6.43. The molecule has 2 atom stereocenters. The number of methoxy groups -OCH3 is 1. The Balaban J connectivity index is 1.76. The number of carbonyl (C=O) groups is 1. The molecular formula is C22H34N2O3. The van der Waals surface area contributed by atoms with Crippen LogP contribution in [0.5, 0.6) is 5.75 Å². The normalized spacial score (nSPS) is 26.6. The van der Waals surface area contributed by atoms with Crippen molar-refractivity contribution in [3.05, 3.63) is 29.8 Å². The van der Waals surface area contributed by atoms with Crippen molar-refractivity contribution < 1.29 is 14.3 Å². The van der Waals surface area contributed by atoms with E-state index < -0.39 is 0 Å². The Hall–Kier alpha value is -1.59. The second kappa shape index (κ2) is 8.61. The van der Waals surface area contributed by atoms with Gasteiger partial charge in [-0.25, -0.2) is 0 Å². The van der Waals surface area contributed by atoms with E-state index >= 15 is 0 Å². The number of benzene rings is 1. The van der Waals surface area contributed by atoms with Gasteiger partial charge in [-0.05, 0) is 57.9 Å². The van der Waals surface area contributed by atoms with E-state index in [-0.39, 0.29) is 11.4 Å². The van der Waals surface area contributed by atoms with E-state index in [1.54, 1.807) is 7.11 Å². The van der Waals surface area contributed by atoms with Crippen LogP contribution in [0.4, 0.5) is 0 Å². The number of rotatable bonds is 6. The minimum Gasteiger partial charge on any atom is -0.497 e. The second-order valence-corrected chi connectivity index (χ2v) is 8.28. The smallest absolute Gasteiger partial charge is 0.313 e. The molecule has 0 spiro atoms. The van der Waals surface area contributed by atoms with E-state index in [2.05, 4.69) is 35.8 Å². The van der Waals surface area contributed by atoms with Gasteiger partial charge >= 0.3 is 5.97 Å². The molecule has 0 bridgehead atoms. The first-order valence-corrected chi connectivity index (χ1v) is 10.2. The maximum atomic E-state index is 13.0. The van der Waals surface area contributed by atoms with Gasteiger partial charge in [-0.15, -0.1) is 0 Å². The third-order valence-electron chi connectivity index (χ3n) is 6.27. The van der Waals surface area contributed by atoms with Crippen LogP contribution in [0.1, 0.15) is 39.2 Å². The molecule has 5 nitrogen and oxygen atoms in total. The topological polar surface area (TPSA) is 42.0 Å². The number of hydrogen-bond donors (Lipinski definition) is 0. The number of ether oxygens (including phenoxy) is 2. The van der Waals surface area contributed by atoms with Crippen LogP contribution in [0, 0.1) is 11.3 Å². The van der Waals surface area contributed by atoms with Crippen molar-refractivity contribution >= 4 is 5.97 Å². The van der Waals surface area contributed by atoms with Crippen molar-refractivity contribution in [2.45, 2.75) is 46.2 Å². The second-order valence-electron chi connectivity index (χ2n) is 8.28. The molecule has 2 heterocycles. The summed E-state index contributed by atoms with van der Waals surface area (Å²) in [6, 6.07) is 8.77. The monoisotopic (exact) mass is 374 g/mol. The highest BCUT2D eigenvalue weighted by atomic mass is 16.5. The molecule has 2 aliphatic rings. The van der Waals surface area contributed by atoms with Crippen LogP contribution in [0.25, 0.3) is 0 Å². The average molecular weight is 375 g/mol. The van der Waals surface area contributed by atoms with Crippen LogP contribution in [0.2, 0.25) is 0 Å². The number of likely N-dealkylation sites (tertiary alicyclic amines) is 2. The van der Waals surface area contributed by atoms with E-state index in [0.717, 1.165) is 51.3 Å². The largest absolute Gasteiger partial charge is 0.497 e. The summed E-state index contributed by atoms with van der Waals surface area (Å²) in [5.74, 6) is 1.24. The Bertz CT molecular complexity index is 631. The van der Waals surface area contributed by atoms with Gasteiger partial charge in [0.05, 0.1) is 19.1 Å². The lowest BCUT2D eigenvalue weighted by molar-refractivity contribution is -0.157. The molecule has 0 amide bonds. The van der Waals surface area contributed by atoms with Gasteiger partial charge in [-0.2, -0.15) is 0 Å². The number of esters is 1. The third kappa shape index (κ3) is 4.30. The van der Waals surface area contributed by atoms with Crippen molar-refractivity contribution in [3.8, 4) is 5.75 Å². The van der Waals surface area contributed by atoms with E-state index in [0.29, 0.717) is 18.6 Å². The highest BCUT2D eigenvalue weighted by molar-refractivity contribution is 5.78. The van der Waals surface area contributed by atoms with Crippen molar-refractivity contribution in [1.82, 2.24) is 9.80 Å². The van der Waals surface area contributed by atoms with Gasteiger partial charge in [0.2, 0.25) is 0 Å². The highest BCUT2D eigenvalue weighted by Gasteiger charge is 2.54. The lowest BCUT2D eigenvalue weighted by atomic mass is 9.75. The van der Waals surface area contributed by atoms with Crippen LogP contribution < -0.4 is 4.74 Å². The minimum atomic E-state index is -0.338. The van der Waals surface area contributed by atoms with Crippen molar-refractivity contribution in [1.29, 1.82) is 0 Å². The Morgan fingerprint density at radius 3 is 2.63 bits per heavy atom. The summed E-state index contributed by atoms with van der Waals surface area (Å²) in [7, 11) is 1.69. The molecular weight excluding hydrogens is 340 g/mol. The standard InChI is InChI=1S/C22H34N2O3/c1-5-27-21(25)22-11-6-12-23(13-18-7-9-20(26-4)10-8-18)14-19(22)15-24(16-22)17(2)3/h7-10,17,19H,5-6,11-16H2,1-4H3/t19-,22-/m1/s1. The summed E-state index contributed by atoms with van der Waals surface area (Å²) in [6.45, 7) is 11.5. The summed E-state index contributed by atoms with van der Waals surface area (Å²) in [4.78, 5) is 17.9. The lowest BCUT2D eigenvalue weighted by Crippen LogP contribution is -2.42. The highest BCUT2D eigenvalue weighted by Crippen LogP contribution is 2.44. The van der Waals surface area contributed by atoms with Crippen LogP contribution in [0.15, 0.2) is 24.3 Å². The van der Waals surface area contributed by atoms with Gasteiger partial charge < -0.3 is 9.47 Å². The number of fused-ring (bicyclic) bond motifs is 1.